The summed E-state index contributed by atoms with van der Waals surface area (Å²) in [7, 11) is 2.22. The van der Waals surface area contributed by atoms with Gasteiger partial charge in [-0.3, -0.25) is 0 Å². The van der Waals surface area contributed by atoms with Gasteiger partial charge in [-0.25, -0.2) is 0 Å². The van der Waals surface area contributed by atoms with E-state index in [0.717, 1.165) is 0 Å². The highest BCUT2D eigenvalue weighted by atomic mass is 127. The molecular weight excluding hydrogens is 253 g/mol. The van der Waals surface area contributed by atoms with E-state index in [1.807, 2.05) is 23.0 Å². The van der Waals surface area contributed by atoms with E-state index in [9.17, 15) is 0 Å². The van der Waals surface area contributed by atoms with Crippen molar-refractivity contribution in [3.8, 4) is 0 Å². The molecule has 3 heteroatoms. The fourth-order valence-corrected chi connectivity index (χ4v) is 2.82. The molecule has 1 aliphatic heterocycles. The van der Waals surface area contributed by atoms with Crippen molar-refractivity contribution in [3.63, 3.8) is 0 Å². The average Bonchev–Trinajstić information content (AvgIpc) is 2.28. The fourth-order valence-electron chi connectivity index (χ4n) is 2.46. The summed E-state index contributed by atoms with van der Waals surface area (Å²) < 4.78 is 5.26. The number of rotatable bonds is 1. The molecule has 1 saturated carbocycles. The maximum absolute atomic E-state index is 5.26. The molecule has 0 amide bonds. The molecule has 0 aromatic rings. The van der Waals surface area contributed by atoms with Gasteiger partial charge < -0.3 is 7.97 Å². The van der Waals surface area contributed by atoms with Crippen molar-refractivity contribution in [2.75, 3.05) is 20.1 Å². The number of nitrogens with zero attached hydrogens (tertiary/aromatic N) is 1. The molecule has 2 aliphatic rings. The van der Waals surface area contributed by atoms with Crippen LogP contribution in [0.15, 0.2) is 0 Å². The van der Waals surface area contributed by atoms with Crippen LogP contribution in [0.5, 0.6) is 0 Å². The van der Waals surface area contributed by atoms with E-state index in [2.05, 4.69) is 11.9 Å². The molecule has 0 N–H and O–H groups in total. The minimum atomic E-state index is 0.557. The van der Waals surface area contributed by atoms with Crippen molar-refractivity contribution in [2.45, 2.75) is 25.4 Å². The van der Waals surface area contributed by atoms with Crippen LogP contribution < -0.4 is 0 Å². The monoisotopic (exact) mass is 267 g/mol. The van der Waals surface area contributed by atoms with Gasteiger partial charge in [-0.05, 0) is 38.3 Å². The van der Waals surface area contributed by atoms with Crippen LogP contribution in [0.1, 0.15) is 19.3 Å². The summed E-state index contributed by atoms with van der Waals surface area (Å²) in [5.41, 5.74) is 0.657. The van der Waals surface area contributed by atoms with E-state index in [-0.39, 0.29) is 0 Å². The topological polar surface area (TPSA) is 12.5 Å². The van der Waals surface area contributed by atoms with Crippen molar-refractivity contribution >= 4 is 23.0 Å². The second-order valence-corrected chi connectivity index (χ2v) is 4.62. The molecule has 11 heavy (non-hydrogen) atoms. The van der Waals surface area contributed by atoms with Crippen molar-refractivity contribution < 1.29 is 3.07 Å². The summed E-state index contributed by atoms with van der Waals surface area (Å²) in [6.45, 7) is 2.58. The van der Waals surface area contributed by atoms with Gasteiger partial charge >= 0.3 is 0 Å². The molecule has 1 heterocycles. The van der Waals surface area contributed by atoms with E-state index in [0.29, 0.717) is 11.5 Å². The van der Waals surface area contributed by atoms with E-state index >= 15 is 0 Å². The van der Waals surface area contributed by atoms with Crippen LogP contribution in [-0.4, -0.2) is 31.1 Å². The lowest BCUT2D eigenvalue weighted by Gasteiger charge is -2.43. The van der Waals surface area contributed by atoms with Gasteiger partial charge in [0.1, 0.15) is 23.0 Å². The van der Waals surface area contributed by atoms with Crippen LogP contribution in [0.2, 0.25) is 0 Å². The Morgan fingerprint density at radius 1 is 1.55 bits per heavy atom. The molecule has 0 radical (unpaired) electrons. The fraction of sp³-hybridized carbons (Fsp3) is 1.00. The molecule has 2 rings (SSSR count). The Morgan fingerprint density at radius 2 is 2.27 bits per heavy atom. The largest absolute Gasteiger partial charge is 0.312 e. The summed E-state index contributed by atoms with van der Waals surface area (Å²) in [6.07, 6.45) is 4.53. The molecule has 1 aliphatic carbocycles. The molecule has 64 valence electrons. The van der Waals surface area contributed by atoms with E-state index in [1.54, 1.807) is 0 Å². The van der Waals surface area contributed by atoms with Crippen molar-refractivity contribution in [1.82, 2.24) is 4.90 Å². The molecule has 2 fully saturated rings. The zero-order valence-electron chi connectivity index (χ0n) is 6.85. The Balaban J connectivity index is 1.87. The maximum Gasteiger partial charge on any atom is 0.110 e. The first-order valence-electron chi connectivity index (χ1n) is 4.20. The Bertz CT molecular complexity index is 156. The third kappa shape index (κ3) is 1.42. The van der Waals surface area contributed by atoms with Gasteiger partial charge in [0.05, 0.1) is 6.10 Å². The standard InChI is InChI=1S/C8H14INO/c1-10-3-2-8(6-10)4-7(5-8)11-9/h7H,2-6H2,1H3. The van der Waals surface area contributed by atoms with Crippen LogP contribution in [0.25, 0.3) is 0 Å². The lowest BCUT2D eigenvalue weighted by molar-refractivity contribution is 0.0194. The van der Waals surface area contributed by atoms with Crippen LogP contribution in [0, 0.1) is 5.41 Å². The second kappa shape index (κ2) is 2.85. The summed E-state index contributed by atoms with van der Waals surface area (Å²) >= 11 is 2.03. The third-order valence-corrected chi connectivity index (χ3v) is 3.80. The van der Waals surface area contributed by atoms with E-state index in [4.69, 9.17) is 3.07 Å². The molecule has 2 nitrogen and oxygen atoms in total. The van der Waals surface area contributed by atoms with Crippen molar-refractivity contribution in [3.05, 3.63) is 0 Å². The molecule has 0 aromatic heterocycles. The Hall–Kier alpha value is 0.650. The summed E-state index contributed by atoms with van der Waals surface area (Å²) in [4.78, 5) is 2.43. The van der Waals surface area contributed by atoms with E-state index < -0.39 is 0 Å². The zero-order chi connectivity index (χ0) is 7.90. The first-order valence-corrected chi connectivity index (χ1v) is 5.08. The van der Waals surface area contributed by atoms with Gasteiger partial charge in [-0.15, -0.1) is 0 Å². The van der Waals surface area contributed by atoms with Crippen molar-refractivity contribution in [2.24, 2.45) is 5.41 Å². The van der Waals surface area contributed by atoms with Gasteiger partial charge in [0.15, 0.2) is 0 Å². The maximum atomic E-state index is 5.26. The van der Waals surface area contributed by atoms with Crippen LogP contribution >= 0.6 is 23.0 Å². The molecule has 0 aromatic carbocycles. The lowest BCUT2D eigenvalue weighted by atomic mass is 9.66. The number of hydrogen-bond donors (Lipinski definition) is 0. The first-order chi connectivity index (χ1) is 5.24. The van der Waals surface area contributed by atoms with Crippen LogP contribution in [0.3, 0.4) is 0 Å². The van der Waals surface area contributed by atoms with Crippen LogP contribution in [0.4, 0.5) is 0 Å². The van der Waals surface area contributed by atoms with E-state index in [1.165, 1.54) is 32.4 Å². The number of hydrogen-bond acceptors (Lipinski definition) is 2. The highest BCUT2D eigenvalue weighted by molar-refractivity contribution is 14.1. The SMILES string of the molecule is CN1CCC2(CC(OI)C2)C1. The lowest BCUT2D eigenvalue weighted by Crippen LogP contribution is -2.42. The minimum absolute atomic E-state index is 0.557. The van der Waals surface area contributed by atoms with Crippen molar-refractivity contribution in [1.29, 1.82) is 0 Å². The molecule has 0 atom stereocenters. The normalized spacial score (nSPS) is 44.7. The molecule has 0 unspecified atom stereocenters. The van der Waals surface area contributed by atoms with Gasteiger partial charge in [-0.2, -0.15) is 0 Å². The van der Waals surface area contributed by atoms with Gasteiger partial charge in [0.2, 0.25) is 0 Å². The molecule has 1 saturated heterocycles. The number of halogens is 1. The quantitative estimate of drug-likeness (QED) is 0.672. The van der Waals surface area contributed by atoms with Gasteiger partial charge in [-0.1, -0.05) is 0 Å². The average molecular weight is 267 g/mol. The Morgan fingerprint density at radius 3 is 2.73 bits per heavy atom. The zero-order valence-corrected chi connectivity index (χ0v) is 9.00. The predicted octanol–water partition coefficient (Wildman–Crippen LogP) is 1.84. The Kier molecular flexibility index (Phi) is 2.14. The van der Waals surface area contributed by atoms with Crippen LogP contribution in [-0.2, 0) is 3.07 Å². The molecular formula is C8H14INO. The summed E-state index contributed by atoms with van der Waals surface area (Å²) in [5.74, 6) is 0. The Labute approximate surface area is 82.0 Å². The third-order valence-electron chi connectivity index (χ3n) is 3.08. The predicted molar refractivity (Wildman–Crippen MR) is 52.7 cm³/mol. The smallest absolute Gasteiger partial charge is 0.110 e. The summed E-state index contributed by atoms with van der Waals surface area (Å²) in [5, 5.41) is 0. The minimum Gasteiger partial charge on any atom is -0.312 e. The summed E-state index contributed by atoms with van der Waals surface area (Å²) in [6, 6.07) is 0. The number of likely N-dealkylation sites (tertiary alicyclic amines) is 1. The van der Waals surface area contributed by atoms with Gasteiger partial charge in [0, 0.05) is 6.54 Å². The highest BCUT2D eigenvalue weighted by Crippen LogP contribution is 2.49. The van der Waals surface area contributed by atoms with Gasteiger partial charge in [0.25, 0.3) is 0 Å². The second-order valence-electron chi connectivity index (χ2n) is 4.11. The highest BCUT2D eigenvalue weighted by Gasteiger charge is 2.47. The molecule has 0 bridgehead atoms. The first kappa shape index (κ1) is 8.26. The molecule has 1 spiro atoms.